The fourth-order valence-corrected chi connectivity index (χ4v) is 4.29. The van der Waals surface area contributed by atoms with E-state index in [1.165, 1.54) is 0 Å². The van der Waals surface area contributed by atoms with Gasteiger partial charge in [-0.05, 0) is 51.2 Å². The molecule has 2 saturated carbocycles. The first-order chi connectivity index (χ1) is 11.4. The van der Waals surface area contributed by atoms with Crippen molar-refractivity contribution in [3.05, 3.63) is 29.8 Å². The molecule has 6 nitrogen and oxygen atoms in total. The molecule has 1 aromatic carbocycles. The van der Waals surface area contributed by atoms with Crippen LogP contribution >= 0.6 is 0 Å². The van der Waals surface area contributed by atoms with Crippen LogP contribution in [0.25, 0.3) is 0 Å². The number of hydrogen-bond acceptors (Lipinski definition) is 5. The fraction of sp³-hybridized carbons (Fsp3) is 0.529. The number of nitrogens with zero attached hydrogens (tertiary/aromatic N) is 1. The van der Waals surface area contributed by atoms with Crippen molar-refractivity contribution in [2.75, 3.05) is 6.61 Å². The van der Waals surface area contributed by atoms with E-state index in [1.54, 1.807) is 31.2 Å². The Morgan fingerprint density at radius 1 is 1.33 bits per heavy atom. The molecular weight excluding hydrogens is 328 g/mol. The molecule has 0 amide bonds. The third-order valence-corrected chi connectivity index (χ3v) is 5.95. The summed E-state index contributed by atoms with van der Waals surface area (Å²) in [5.74, 6) is -0.0717. The Labute approximate surface area is 142 Å². The van der Waals surface area contributed by atoms with Gasteiger partial charge in [-0.15, -0.1) is 0 Å². The van der Waals surface area contributed by atoms with Gasteiger partial charge in [-0.3, -0.25) is 4.79 Å². The Bertz CT molecular complexity index is 755. The molecule has 3 atom stereocenters. The summed E-state index contributed by atoms with van der Waals surface area (Å²) in [4.78, 5) is 14.5. The summed E-state index contributed by atoms with van der Waals surface area (Å²) in [6.45, 7) is 4.05. The molecule has 2 aliphatic rings. The summed E-state index contributed by atoms with van der Waals surface area (Å²) < 4.78 is 29.7. The van der Waals surface area contributed by atoms with E-state index >= 15 is 0 Å². The van der Waals surface area contributed by atoms with Crippen LogP contribution in [-0.4, -0.2) is 26.7 Å². The quantitative estimate of drug-likeness (QED) is 0.652. The highest BCUT2D eigenvalue weighted by Crippen LogP contribution is 2.54. The zero-order valence-corrected chi connectivity index (χ0v) is 14.7. The first-order valence-electron chi connectivity index (χ1n) is 8.25. The number of ether oxygens (including phenoxy) is 1. The average molecular weight is 350 g/mol. The Kier molecular flexibility index (Phi) is 4.62. The molecule has 130 valence electrons. The highest BCUT2D eigenvalue weighted by atomic mass is 32.2. The van der Waals surface area contributed by atoms with Crippen LogP contribution in [0.2, 0.25) is 0 Å². The van der Waals surface area contributed by atoms with Crippen LogP contribution in [0.3, 0.4) is 0 Å². The number of aryl methyl sites for hydroxylation is 1. The van der Waals surface area contributed by atoms with Gasteiger partial charge in [0.05, 0.1) is 17.4 Å². The monoisotopic (exact) mass is 350 g/mol. The maximum Gasteiger partial charge on any atom is 0.309 e. The lowest BCUT2D eigenvalue weighted by atomic mass is 9.99. The smallest absolute Gasteiger partial charge is 0.309 e. The number of benzene rings is 1. The van der Waals surface area contributed by atoms with Crippen molar-refractivity contribution in [1.29, 1.82) is 0 Å². The molecule has 0 aromatic heterocycles. The van der Waals surface area contributed by atoms with Crippen molar-refractivity contribution in [2.24, 2.45) is 22.9 Å². The van der Waals surface area contributed by atoms with E-state index in [2.05, 4.69) is 9.93 Å². The first-order valence-corrected chi connectivity index (χ1v) is 9.74. The molecule has 3 rings (SSSR count). The molecule has 0 radical (unpaired) electrons. The SMILES string of the molecule is CCOC(=O)C1C2CCCC(=NNS(=O)(=O)c3ccc(C)cc3)C21. The molecule has 0 aliphatic heterocycles. The summed E-state index contributed by atoms with van der Waals surface area (Å²) in [5, 5.41) is 4.14. The van der Waals surface area contributed by atoms with E-state index < -0.39 is 10.0 Å². The van der Waals surface area contributed by atoms with Gasteiger partial charge in [0.1, 0.15) is 0 Å². The van der Waals surface area contributed by atoms with Gasteiger partial charge >= 0.3 is 5.97 Å². The summed E-state index contributed by atoms with van der Waals surface area (Å²) >= 11 is 0. The Morgan fingerprint density at radius 2 is 2.04 bits per heavy atom. The average Bonchev–Trinajstić information content (AvgIpc) is 3.29. The second-order valence-corrected chi connectivity index (χ2v) is 8.03. The predicted molar refractivity (Wildman–Crippen MR) is 89.9 cm³/mol. The third kappa shape index (κ3) is 3.31. The molecule has 0 spiro atoms. The molecule has 2 fully saturated rings. The maximum atomic E-state index is 12.3. The summed E-state index contributed by atoms with van der Waals surface area (Å²) in [6, 6.07) is 6.60. The van der Waals surface area contributed by atoms with Gasteiger partial charge in [0, 0.05) is 11.6 Å². The molecular formula is C17H22N2O4S. The van der Waals surface area contributed by atoms with Crippen molar-refractivity contribution in [1.82, 2.24) is 4.83 Å². The van der Waals surface area contributed by atoms with Crippen molar-refractivity contribution >= 4 is 21.7 Å². The van der Waals surface area contributed by atoms with Crippen LogP contribution in [0.4, 0.5) is 0 Å². The predicted octanol–water partition coefficient (Wildman–Crippen LogP) is 2.24. The third-order valence-electron chi connectivity index (χ3n) is 4.72. The lowest BCUT2D eigenvalue weighted by molar-refractivity contribution is -0.145. The lowest BCUT2D eigenvalue weighted by Crippen LogP contribution is -2.22. The van der Waals surface area contributed by atoms with Gasteiger partial charge in [0.25, 0.3) is 10.0 Å². The second kappa shape index (κ2) is 6.55. The van der Waals surface area contributed by atoms with Crippen LogP contribution in [0.1, 0.15) is 31.7 Å². The molecule has 7 heteroatoms. The van der Waals surface area contributed by atoms with Crippen LogP contribution in [0.5, 0.6) is 0 Å². The number of carbonyl (C=O) groups is 1. The number of nitrogens with one attached hydrogen (secondary N) is 1. The zero-order valence-electron chi connectivity index (χ0n) is 13.9. The minimum absolute atomic E-state index is 0.0264. The van der Waals surface area contributed by atoms with Crippen LogP contribution in [0.15, 0.2) is 34.3 Å². The molecule has 24 heavy (non-hydrogen) atoms. The molecule has 0 bridgehead atoms. The van der Waals surface area contributed by atoms with Gasteiger partial charge < -0.3 is 4.74 Å². The molecule has 3 unspecified atom stereocenters. The maximum absolute atomic E-state index is 12.3. The highest BCUT2D eigenvalue weighted by Gasteiger charge is 2.59. The van der Waals surface area contributed by atoms with Crippen LogP contribution < -0.4 is 4.83 Å². The minimum Gasteiger partial charge on any atom is -0.466 e. The number of hydrazone groups is 1. The first kappa shape index (κ1) is 17.0. The van der Waals surface area contributed by atoms with Gasteiger partial charge in [-0.2, -0.15) is 13.5 Å². The van der Waals surface area contributed by atoms with E-state index in [-0.39, 0.29) is 28.6 Å². The molecule has 1 N–H and O–H groups in total. The topological polar surface area (TPSA) is 84.8 Å². The van der Waals surface area contributed by atoms with Gasteiger partial charge in [0.2, 0.25) is 0 Å². The fourth-order valence-electron chi connectivity index (χ4n) is 3.45. The minimum atomic E-state index is -3.68. The molecule has 1 aromatic rings. The molecule has 2 aliphatic carbocycles. The normalized spacial score (nSPS) is 27.4. The number of rotatable bonds is 5. The van der Waals surface area contributed by atoms with Gasteiger partial charge in [0.15, 0.2) is 0 Å². The zero-order chi connectivity index (χ0) is 17.3. The number of sulfonamides is 1. The van der Waals surface area contributed by atoms with Gasteiger partial charge in [-0.25, -0.2) is 4.83 Å². The van der Waals surface area contributed by atoms with Crippen molar-refractivity contribution in [3.8, 4) is 0 Å². The summed E-state index contributed by atoms with van der Waals surface area (Å²) in [6.07, 6.45) is 2.60. The number of fused-ring (bicyclic) bond motifs is 1. The standard InChI is InChI=1S/C17H22N2O4S/c1-3-23-17(20)16-13-5-4-6-14(15(13)16)18-19-24(21,22)12-9-7-11(2)8-10-12/h7-10,13,15-16,19H,3-6H2,1-2H3. The number of carbonyl (C=O) groups excluding carboxylic acids is 1. The molecule has 0 heterocycles. The summed E-state index contributed by atoms with van der Waals surface area (Å²) in [5.41, 5.74) is 1.76. The van der Waals surface area contributed by atoms with E-state index in [4.69, 9.17) is 4.74 Å². The second-order valence-electron chi connectivity index (χ2n) is 6.37. The summed E-state index contributed by atoms with van der Waals surface area (Å²) in [7, 11) is -3.68. The van der Waals surface area contributed by atoms with E-state index in [0.717, 1.165) is 24.1 Å². The Hall–Kier alpha value is -1.89. The van der Waals surface area contributed by atoms with Crippen molar-refractivity contribution in [2.45, 2.75) is 38.0 Å². The Balaban J connectivity index is 1.72. The van der Waals surface area contributed by atoms with Gasteiger partial charge in [-0.1, -0.05) is 17.7 Å². The van der Waals surface area contributed by atoms with Crippen molar-refractivity contribution in [3.63, 3.8) is 0 Å². The van der Waals surface area contributed by atoms with Crippen molar-refractivity contribution < 1.29 is 17.9 Å². The van der Waals surface area contributed by atoms with E-state index in [1.807, 2.05) is 6.92 Å². The van der Waals surface area contributed by atoms with E-state index in [0.29, 0.717) is 13.0 Å². The highest BCUT2D eigenvalue weighted by molar-refractivity contribution is 7.89. The largest absolute Gasteiger partial charge is 0.466 e. The number of esters is 1. The van der Waals surface area contributed by atoms with Crippen LogP contribution in [0, 0.1) is 24.7 Å². The molecule has 0 saturated heterocycles. The number of hydrogen-bond donors (Lipinski definition) is 1. The van der Waals surface area contributed by atoms with Crippen LogP contribution in [-0.2, 0) is 19.6 Å². The Morgan fingerprint density at radius 3 is 2.71 bits per heavy atom. The lowest BCUT2D eigenvalue weighted by Gasteiger charge is -2.12. The van der Waals surface area contributed by atoms with E-state index in [9.17, 15) is 13.2 Å².